The molecule has 8 heteroatoms. The largest absolute Gasteiger partial charge is 0.379 e. The molecule has 2 heterocycles. The molecule has 2 aliphatic rings. The van der Waals surface area contributed by atoms with Crippen LogP contribution in [-0.4, -0.2) is 93.0 Å². The number of ether oxygens (including phenoxy) is 1. The van der Waals surface area contributed by atoms with Gasteiger partial charge in [-0.1, -0.05) is 0 Å². The summed E-state index contributed by atoms with van der Waals surface area (Å²) in [7, 11) is -0.107. The molecular formula is C12H25N3O3S2. The first-order valence-electron chi connectivity index (χ1n) is 7.09. The molecule has 0 aromatic rings. The van der Waals surface area contributed by atoms with E-state index in [0.29, 0.717) is 6.54 Å². The normalized spacial score (nSPS) is 27.6. The molecular weight excluding hydrogens is 298 g/mol. The minimum Gasteiger partial charge on any atom is -0.379 e. The van der Waals surface area contributed by atoms with Gasteiger partial charge in [-0.15, -0.1) is 0 Å². The van der Waals surface area contributed by atoms with E-state index in [-0.39, 0.29) is 6.04 Å². The molecule has 20 heavy (non-hydrogen) atoms. The van der Waals surface area contributed by atoms with Crippen molar-refractivity contribution < 1.29 is 13.2 Å². The van der Waals surface area contributed by atoms with Crippen LogP contribution in [-0.2, 0) is 14.9 Å². The topological polar surface area (TPSA) is 53.1 Å². The zero-order chi connectivity index (χ0) is 14.6. The molecule has 0 radical (unpaired) electrons. The lowest BCUT2D eigenvalue weighted by Crippen LogP contribution is -2.52. The van der Waals surface area contributed by atoms with Crippen molar-refractivity contribution in [3.8, 4) is 0 Å². The first kappa shape index (κ1) is 16.5. The van der Waals surface area contributed by atoms with Crippen molar-refractivity contribution in [1.29, 1.82) is 0 Å². The Kier molecular flexibility index (Phi) is 6.12. The van der Waals surface area contributed by atoms with Crippen molar-refractivity contribution in [2.45, 2.75) is 12.5 Å². The second kappa shape index (κ2) is 7.42. The van der Waals surface area contributed by atoms with E-state index < -0.39 is 10.2 Å². The highest BCUT2D eigenvalue weighted by molar-refractivity contribution is 7.99. The number of morpholine rings is 1. The summed E-state index contributed by atoms with van der Waals surface area (Å²) in [4.78, 5) is 2.32. The molecule has 0 spiro atoms. The highest BCUT2D eigenvalue weighted by Crippen LogP contribution is 2.21. The van der Waals surface area contributed by atoms with Crippen LogP contribution in [0.1, 0.15) is 6.42 Å². The molecule has 2 aliphatic heterocycles. The van der Waals surface area contributed by atoms with E-state index in [2.05, 4.69) is 4.90 Å². The third kappa shape index (κ3) is 4.08. The van der Waals surface area contributed by atoms with Crippen molar-refractivity contribution in [2.24, 2.45) is 0 Å². The zero-order valence-corrected chi connectivity index (χ0v) is 14.0. The number of hydrogen-bond acceptors (Lipinski definition) is 5. The summed E-state index contributed by atoms with van der Waals surface area (Å²) >= 11 is 1.86. The number of rotatable bonds is 4. The fourth-order valence-electron chi connectivity index (χ4n) is 2.55. The average Bonchev–Trinajstić information content (AvgIpc) is 2.65. The molecule has 1 atom stereocenters. The van der Waals surface area contributed by atoms with E-state index in [4.69, 9.17) is 4.74 Å². The second-order valence-electron chi connectivity index (χ2n) is 5.40. The Bertz CT molecular complexity index is 397. The van der Waals surface area contributed by atoms with Crippen molar-refractivity contribution in [3.63, 3.8) is 0 Å². The van der Waals surface area contributed by atoms with Gasteiger partial charge >= 0.3 is 0 Å². The van der Waals surface area contributed by atoms with Gasteiger partial charge in [0.1, 0.15) is 0 Å². The molecule has 2 rings (SSSR count). The molecule has 0 saturated carbocycles. The van der Waals surface area contributed by atoms with Gasteiger partial charge in [0.15, 0.2) is 0 Å². The molecule has 2 saturated heterocycles. The smallest absolute Gasteiger partial charge is 0.281 e. The van der Waals surface area contributed by atoms with E-state index in [1.807, 2.05) is 11.8 Å². The van der Waals surface area contributed by atoms with Crippen molar-refractivity contribution in [2.75, 3.05) is 65.0 Å². The van der Waals surface area contributed by atoms with Gasteiger partial charge in [0.2, 0.25) is 0 Å². The van der Waals surface area contributed by atoms with E-state index in [1.165, 1.54) is 4.31 Å². The number of thioether (sulfide) groups is 1. The summed E-state index contributed by atoms with van der Waals surface area (Å²) in [5.41, 5.74) is 0. The third-order valence-corrected chi connectivity index (χ3v) is 6.91. The molecule has 1 unspecified atom stereocenters. The first-order chi connectivity index (χ1) is 9.51. The Morgan fingerprint density at radius 1 is 1.25 bits per heavy atom. The van der Waals surface area contributed by atoms with Gasteiger partial charge in [0, 0.05) is 52.1 Å². The Labute approximate surface area is 126 Å². The average molecular weight is 323 g/mol. The predicted octanol–water partition coefficient (Wildman–Crippen LogP) is -0.0675. The third-order valence-electron chi connectivity index (χ3n) is 3.72. The maximum absolute atomic E-state index is 12.5. The summed E-state index contributed by atoms with van der Waals surface area (Å²) in [5.74, 6) is 1.92. The number of hydrogen-bond donors (Lipinski definition) is 0. The highest BCUT2D eigenvalue weighted by atomic mass is 32.2. The Morgan fingerprint density at radius 3 is 2.60 bits per heavy atom. The predicted molar refractivity (Wildman–Crippen MR) is 82.3 cm³/mol. The van der Waals surface area contributed by atoms with Crippen molar-refractivity contribution in [1.82, 2.24) is 13.5 Å². The molecule has 0 bridgehead atoms. The van der Waals surface area contributed by atoms with Gasteiger partial charge in [-0.2, -0.15) is 28.8 Å². The van der Waals surface area contributed by atoms with Crippen molar-refractivity contribution >= 4 is 22.0 Å². The maximum atomic E-state index is 12.5. The second-order valence-corrected chi connectivity index (χ2v) is 8.64. The maximum Gasteiger partial charge on any atom is 0.281 e. The molecule has 0 aromatic carbocycles. The Morgan fingerprint density at radius 2 is 1.95 bits per heavy atom. The molecule has 118 valence electrons. The fraction of sp³-hybridized carbons (Fsp3) is 1.00. The van der Waals surface area contributed by atoms with Crippen LogP contribution in [0.5, 0.6) is 0 Å². The summed E-state index contributed by atoms with van der Waals surface area (Å²) in [6.07, 6.45) is 0.928. The fourth-order valence-corrected chi connectivity index (χ4v) is 5.00. The van der Waals surface area contributed by atoms with Gasteiger partial charge in [-0.3, -0.25) is 4.90 Å². The van der Waals surface area contributed by atoms with Crippen LogP contribution in [0.2, 0.25) is 0 Å². The standard InChI is InChI=1S/C12H25N3O3S2/c1-13(2)20(16,17)15-4-3-9-19-11-12(15)10-14-5-7-18-8-6-14/h12H,3-11H2,1-2H3. The summed E-state index contributed by atoms with van der Waals surface area (Å²) in [5, 5.41) is 0. The van der Waals surface area contributed by atoms with Crippen LogP contribution in [0.3, 0.4) is 0 Å². The SMILES string of the molecule is CN(C)S(=O)(=O)N1CCCSCC1CN1CCOCC1. The molecule has 2 fully saturated rings. The highest BCUT2D eigenvalue weighted by Gasteiger charge is 2.34. The van der Waals surface area contributed by atoms with Gasteiger partial charge < -0.3 is 4.74 Å². The van der Waals surface area contributed by atoms with E-state index >= 15 is 0 Å². The zero-order valence-electron chi connectivity index (χ0n) is 12.3. The van der Waals surface area contributed by atoms with E-state index in [1.54, 1.807) is 18.4 Å². The van der Waals surface area contributed by atoms with Gasteiger partial charge in [-0.25, -0.2) is 0 Å². The van der Waals surface area contributed by atoms with Gasteiger partial charge in [0.05, 0.1) is 13.2 Å². The van der Waals surface area contributed by atoms with Crippen LogP contribution in [0.4, 0.5) is 0 Å². The quantitative estimate of drug-likeness (QED) is 0.725. The van der Waals surface area contributed by atoms with Crippen LogP contribution < -0.4 is 0 Å². The number of nitrogens with zero attached hydrogens (tertiary/aromatic N) is 3. The van der Waals surface area contributed by atoms with Crippen LogP contribution in [0, 0.1) is 0 Å². The summed E-state index contributed by atoms with van der Waals surface area (Å²) in [6.45, 7) is 4.74. The molecule has 0 N–H and O–H groups in total. The monoisotopic (exact) mass is 323 g/mol. The van der Waals surface area contributed by atoms with Crippen molar-refractivity contribution in [3.05, 3.63) is 0 Å². The minimum atomic E-state index is -3.33. The molecule has 0 aromatic heterocycles. The van der Waals surface area contributed by atoms with Crippen LogP contribution in [0.25, 0.3) is 0 Å². The molecule has 0 aliphatic carbocycles. The van der Waals surface area contributed by atoms with Crippen LogP contribution >= 0.6 is 11.8 Å². The van der Waals surface area contributed by atoms with Crippen LogP contribution in [0.15, 0.2) is 0 Å². The lowest BCUT2D eigenvalue weighted by atomic mass is 10.2. The van der Waals surface area contributed by atoms with E-state index in [0.717, 1.165) is 50.8 Å². The minimum absolute atomic E-state index is 0.0630. The molecule has 0 amide bonds. The Hall–Kier alpha value is 0.140. The summed E-state index contributed by atoms with van der Waals surface area (Å²) in [6, 6.07) is 0.0630. The summed E-state index contributed by atoms with van der Waals surface area (Å²) < 4.78 is 33.4. The van der Waals surface area contributed by atoms with E-state index in [9.17, 15) is 8.42 Å². The lowest BCUT2D eigenvalue weighted by molar-refractivity contribution is 0.0307. The van der Waals surface area contributed by atoms with Gasteiger partial charge in [-0.05, 0) is 12.2 Å². The first-order valence-corrected chi connectivity index (χ1v) is 9.64. The Balaban J connectivity index is 2.08. The van der Waals surface area contributed by atoms with Gasteiger partial charge in [0.25, 0.3) is 10.2 Å². The molecule has 6 nitrogen and oxygen atoms in total. The lowest BCUT2D eigenvalue weighted by Gasteiger charge is -2.35.